The molecule has 1 amide bonds. The van der Waals surface area contributed by atoms with Gasteiger partial charge in [-0.1, -0.05) is 11.6 Å². The van der Waals surface area contributed by atoms with Crippen molar-refractivity contribution in [3.8, 4) is 5.75 Å². The molecule has 1 saturated carbocycles. The first-order chi connectivity index (χ1) is 9.43. The number of anilines is 2. The molecule has 1 spiro atoms. The van der Waals surface area contributed by atoms with E-state index in [2.05, 4.69) is 0 Å². The van der Waals surface area contributed by atoms with Crippen molar-refractivity contribution in [1.82, 2.24) is 0 Å². The number of benzene rings is 1. The Morgan fingerprint density at radius 3 is 2.80 bits per heavy atom. The van der Waals surface area contributed by atoms with Crippen molar-refractivity contribution in [3.05, 3.63) is 29.6 Å². The summed E-state index contributed by atoms with van der Waals surface area (Å²) in [5, 5.41) is 0. The summed E-state index contributed by atoms with van der Waals surface area (Å²) < 4.78 is 19.3. The van der Waals surface area contributed by atoms with Gasteiger partial charge in [-0.15, -0.1) is 0 Å². The third-order valence-electron chi connectivity index (χ3n) is 3.70. The lowest BCUT2D eigenvalue weighted by atomic mass is 10.1. The summed E-state index contributed by atoms with van der Waals surface area (Å²) in [5.41, 5.74) is 6.52. The highest BCUT2D eigenvalue weighted by Crippen LogP contribution is 2.49. The Morgan fingerprint density at radius 1 is 1.50 bits per heavy atom. The number of carbonyl (C=O) groups is 1. The van der Waals surface area contributed by atoms with Crippen LogP contribution in [0.15, 0.2) is 23.8 Å². The van der Waals surface area contributed by atoms with E-state index in [0.29, 0.717) is 30.8 Å². The largest absolute Gasteiger partial charge is 0.475 e. The van der Waals surface area contributed by atoms with Crippen LogP contribution in [0, 0.1) is 5.82 Å². The van der Waals surface area contributed by atoms with Crippen LogP contribution in [0.1, 0.15) is 26.7 Å². The summed E-state index contributed by atoms with van der Waals surface area (Å²) in [6, 6.07) is 2.74. The summed E-state index contributed by atoms with van der Waals surface area (Å²) in [5.74, 6) is -0.180. The minimum Gasteiger partial charge on any atom is -0.475 e. The van der Waals surface area contributed by atoms with Crippen LogP contribution in [0.3, 0.4) is 0 Å². The first kappa shape index (κ1) is 13.0. The molecule has 0 unspecified atom stereocenters. The smallest absolute Gasteiger partial charge is 0.271 e. The zero-order valence-corrected chi connectivity index (χ0v) is 11.6. The molecule has 1 heterocycles. The van der Waals surface area contributed by atoms with E-state index < -0.39 is 11.4 Å². The molecule has 1 aromatic rings. The number of nitrogen functional groups attached to an aromatic ring is 1. The molecular weight excluding hydrogens is 259 g/mol. The van der Waals surface area contributed by atoms with E-state index >= 15 is 0 Å². The number of amides is 1. The molecule has 0 aromatic heterocycles. The number of carbonyl (C=O) groups excluding carboxylic acids is 1. The van der Waals surface area contributed by atoms with Gasteiger partial charge >= 0.3 is 0 Å². The molecule has 0 bridgehead atoms. The van der Waals surface area contributed by atoms with Crippen LogP contribution in [0.25, 0.3) is 0 Å². The summed E-state index contributed by atoms with van der Waals surface area (Å²) in [6.45, 7) is 4.39. The van der Waals surface area contributed by atoms with Gasteiger partial charge in [0, 0.05) is 25.5 Å². The molecule has 0 radical (unpaired) electrons. The second-order valence-corrected chi connectivity index (χ2v) is 5.64. The molecule has 20 heavy (non-hydrogen) atoms. The van der Waals surface area contributed by atoms with Crippen molar-refractivity contribution in [1.29, 1.82) is 0 Å². The molecule has 1 fully saturated rings. The number of hydrogen-bond acceptors (Lipinski definition) is 3. The maximum atomic E-state index is 13.6. The first-order valence-electron chi connectivity index (χ1n) is 6.66. The minimum atomic E-state index is -0.773. The molecule has 2 aliphatic rings. The molecule has 5 heteroatoms. The standard InChI is InChI=1S/C15H17FN2O2/c1-9(2)3-6-18-12-8-11(17)10(16)7-13(12)20-15(4-5-15)14(18)19/h3,7-8H,4-6,17H2,1-2H3. The van der Waals surface area contributed by atoms with Gasteiger partial charge in [0.2, 0.25) is 0 Å². The van der Waals surface area contributed by atoms with Crippen molar-refractivity contribution < 1.29 is 13.9 Å². The van der Waals surface area contributed by atoms with Crippen molar-refractivity contribution in [2.75, 3.05) is 17.2 Å². The highest BCUT2D eigenvalue weighted by molar-refractivity contribution is 6.05. The fourth-order valence-corrected chi connectivity index (χ4v) is 2.35. The summed E-state index contributed by atoms with van der Waals surface area (Å²) in [4.78, 5) is 14.2. The van der Waals surface area contributed by atoms with Gasteiger partial charge in [0.1, 0.15) is 11.6 Å². The Bertz CT molecular complexity index is 617. The van der Waals surface area contributed by atoms with Crippen LogP contribution in [0.2, 0.25) is 0 Å². The number of nitrogens with two attached hydrogens (primary N) is 1. The first-order valence-corrected chi connectivity index (χ1v) is 6.66. The van der Waals surface area contributed by atoms with Crippen LogP contribution >= 0.6 is 0 Å². The molecule has 4 nitrogen and oxygen atoms in total. The number of nitrogens with zero attached hydrogens (tertiary/aromatic N) is 1. The third-order valence-corrected chi connectivity index (χ3v) is 3.70. The lowest BCUT2D eigenvalue weighted by molar-refractivity contribution is -0.128. The average Bonchev–Trinajstić information content (AvgIpc) is 3.14. The van der Waals surface area contributed by atoms with Gasteiger partial charge < -0.3 is 15.4 Å². The topological polar surface area (TPSA) is 55.6 Å². The third kappa shape index (κ3) is 1.94. The Balaban J connectivity index is 2.06. The second kappa shape index (κ2) is 4.23. The summed E-state index contributed by atoms with van der Waals surface area (Å²) in [6.07, 6.45) is 3.33. The van der Waals surface area contributed by atoms with Crippen LogP contribution in [0.5, 0.6) is 5.75 Å². The minimum absolute atomic E-state index is 0.0223. The monoisotopic (exact) mass is 276 g/mol. The van der Waals surface area contributed by atoms with E-state index in [1.165, 1.54) is 12.1 Å². The highest BCUT2D eigenvalue weighted by Gasteiger charge is 2.57. The molecule has 2 N–H and O–H groups in total. The number of halogens is 1. The van der Waals surface area contributed by atoms with E-state index in [0.717, 1.165) is 5.57 Å². The van der Waals surface area contributed by atoms with Crippen molar-refractivity contribution in [2.24, 2.45) is 0 Å². The molecule has 0 atom stereocenters. The zero-order valence-electron chi connectivity index (χ0n) is 11.6. The number of ether oxygens (including phenoxy) is 1. The second-order valence-electron chi connectivity index (χ2n) is 5.64. The predicted octanol–water partition coefficient (Wildman–Crippen LogP) is 2.63. The fourth-order valence-electron chi connectivity index (χ4n) is 2.35. The van der Waals surface area contributed by atoms with Gasteiger partial charge in [-0.2, -0.15) is 0 Å². The van der Waals surface area contributed by atoms with Crippen LogP contribution < -0.4 is 15.4 Å². The zero-order chi connectivity index (χ0) is 14.5. The number of rotatable bonds is 2. The van der Waals surface area contributed by atoms with E-state index in [1.54, 1.807) is 4.90 Å². The molecule has 1 aliphatic heterocycles. The predicted molar refractivity (Wildman–Crippen MR) is 75.2 cm³/mol. The summed E-state index contributed by atoms with van der Waals surface area (Å²) >= 11 is 0. The number of allylic oxidation sites excluding steroid dienone is 1. The van der Waals surface area contributed by atoms with E-state index in [-0.39, 0.29) is 11.6 Å². The Morgan fingerprint density at radius 2 is 2.20 bits per heavy atom. The van der Waals surface area contributed by atoms with Crippen molar-refractivity contribution in [3.63, 3.8) is 0 Å². The maximum absolute atomic E-state index is 13.6. The van der Waals surface area contributed by atoms with E-state index in [9.17, 15) is 9.18 Å². The average molecular weight is 276 g/mol. The molecule has 3 rings (SSSR count). The normalized spacial score (nSPS) is 18.6. The van der Waals surface area contributed by atoms with Gasteiger partial charge in [-0.25, -0.2) is 4.39 Å². The van der Waals surface area contributed by atoms with Crippen LogP contribution in [0.4, 0.5) is 15.8 Å². The lowest BCUT2D eigenvalue weighted by Crippen LogP contribution is -2.47. The van der Waals surface area contributed by atoms with E-state index in [1.807, 2.05) is 19.9 Å². The SMILES string of the molecule is CC(C)=CCN1C(=O)C2(CC2)Oc2cc(F)c(N)cc21. The Kier molecular flexibility index (Phi) is 2.74. The lowest BCUT2D eigenvalue weighted by Gasteiger charge is -2.34. The van der Waals surface area contributed by atoms with Crippen LogP contribution in [-0.2, 0) is 4.79 Å². The van der Waals surface area contributed by atoms with Gasteiger partial charge in [0.15, 0.2) is 5.60 Å². The van der Waals surface area contributed by atoms with Gasteiger partial charge in [-0.05, 0) is 19.9 Å². The van der Waals surface area contributed by atoms with Gasteiger partial charge in [-0.3, -0.25) is 4.79 Å². The molecule has 0 saturated heterocycles. The highest BCUT2D eigenvalue weighted by atomic mass is 19.1. The van der Waals surface area contributed by atoms with Gasteiger partial charge in [0.05, 0.1) is 11.4 Å². The maximum Gasteiger partial charge on any atom is 0.271 e. The van der Waals surface area contributed by atoms with Crippen molar-refractivity contribution >= 4 is 17.3 Å². The molecule has 106 valence electrons. The Labute approximate surface area is 117 Å². The summed E-state index contributed by atoms with van der Waals surface area (Å²) in [7, 11) is 0. The molecular formula is C15H17FN2O2. The van der Waals surface area contributed by atoms with Gasteiger partial charge in [0.25, 0.3) is 5.91 Å². The number of fused-ring (bicyclic) bond motifs is 1. The van der Waals surface area contributed by atoms with Crippen molar-refractivity contribution in [2.45, 2.75) is 32.3 Å². The van der Waals surface area contributed by atoms with E-state index in [4.69, 9.17) is 10.5 Å². The Hall–Kier alpha value is -2.04. The number of hydrogen-bond donors (Lipinski definition) is 1. The quantitative estimate of drug-likeness (QED) is 0.667. The fraction of sp³-hybridized carbons (Fsp3) is 0.400. The molecule has 1 aliphatic carbocycles. The molecule has 1 aromatic carbocycles. The van der Waals surface area contributed by atoms with Crippen LogP contribution in [-0.4, -0.2) is 18.1 Å².